The molecule has 0 saturated carbocycles. The molecule has 4 nitrogen and oxygen atoms in total. The van der Waals surface area contributed by atoms with E-state index in [1.165, 1.54) is 6.07 Å². The monoisotopic (exact) mass is 240 g/mol. The Labute approximate surface area is 104 Å². The summed E-state index contributed by atoms with van der Waals surface area (Å²) in [4.78, 5) is 11.2. The quantitative estimate of drug-likeness (QED) is 0.568. The van der Waals surface area contributed by atoms with Crippen LogP contribution < -0.4 is 5.73 Å². The van der Waals surface area contributed by atoms with E-state index in [1.54, 1.807) is 42.5 Å². The van der Waals surface area contributed by atoms with Crippen molar-refractivity contribution in [1.29, 1.82) is 5.41 Å². The lowest BCUT2D eigenvalue weighted by Gasteiger charge is -2.10. The van der Waals surface area contributed by atoms with Crippen molar-refractivity contribution in [2.45, 2.75) is 0 Å². The molecule has 2 aromatic carbocycles. The Morgan fingerprint density at radius 3 is 1.89 bits per heavy atom. The lowest BCUT2D eigenvalue weighted by Crippen LogP contribution is -2.13. The van der Waals surface area contributed by atoms with Crippen molar-refractivity contribution < 1.29 is 9.90 Å². The zero-order valence-corrected chi connectivity index (χ0v) is 9.55. The minimum Gasteiger partial charge on any atom is -0.478 e. The summed E-state index contributed by atoms with van der Waals surface area (Å²) in [6, 6.07) is 13.7. The normalized spacial score (nSPS) is 10.0. The van der Waals surface area contributed by atoms with Crippen LogP contribution in [-0.4, -0.2) is 16.9 Å². The largest absolute Gasteiger partial charge is 0.478 e. The summed E-state index contributed by atoms with van der Waals surface area (Å²) < 4.78 is 0. The summed E-state index contributed by atoms with van der Waals surface area (Å²) in [6.07, 6.45) is 0. The zero-order valence-electron chi connectivity index (χ0n) is 9.55. The van der Waals surface area contributed by atoms with Gasteiger partial charge < -0.3 is 10.8 Å². The van der Waals surface area contributed by atoms with Gasteiger partial charge in [0.25, 0.3) is 0 Å². The molecule has 0 aliphatic rings. The average molecular weight is 240 g/mol. The highest BCUT2D eigenvalue weighted by Gasteiger charge is 2.14. The van der Waals surface area contributed by atoms with Crippen molar-refractivity contribution in [1.82, 2.24) is 0 Å². The molecule has 0 saturated heterocycles. The third-order valence-electron chi connectivity index (χ3n) is 2.66. The maximum Gasteiger partial charge on any atom is 0.336 e. The van der Waals surface area contributed by atoms with E-state index in [-0.39, 0.29) is 11.4 Å². The van der Waals surface area contributed by atoms with Crippen molar-refractivity contribution in [3.05, 3.63) is 59.7 Å². The van der Waals surface area contributed by atoms with Gasteiger partial charge in [-0.15, -0.1) is 0 Å². The molecule has 0 amide bonds. The maximum atomic E-state index is 11.2. The van der Waals surface area contributed by atoms with Gasteiger partial charge in [-0.1, -0.05) is 42.5 Å². The number of carboxylic acid groups (broad SMARTS) is 1. The topological polar surface area (TPSA) is 87.2 Å². The first-order valence-corrected chi connectivity index (χ1v) is 5.37. The Kier molecular flexibility index (Phi) is 3.10. The van der Waals surface area contributed by atoms with E-state index in [1.807, 2.05) is 0 Å². The molecule has 90 valence electrons. The van der Waals surface area contributed by atoms with Crippen LogP contribution in [0.25, 0.3) is 11.1 Å². The van der Waals surface area contributed by atoms with Crippen molar-refractivity contribution in [2.24, 2.45) is 5.73 Å². The maximum absolute atomic E-state index is 11.2. The van der Waals surface area contributed by atoms with Crippen LogP contribution >= 0.6 is 0 Å². The molecule has 2 aromatic rings. The Morgan fingerprint density at radius 1 is 0.944 bits per heavy atom. The third kappa shape index (κ3) is 2.08. The highest BCUT2D eigenvalue weighted by Crippen LogP contribution is 2.26. The van der Waals surface area contributed by atoms with Gasteiger partial charge in [-0.2, -0.15) is 0 Å². The fraction of sp³-hybridized carbons (Fsp3) is 0. The number of nitrogens with two attached hydrogens (primary N) is 1. The summed E-state index contributed by atoms with van der Waals surface area (Å²) >= 11 is 0. The Morgan fingerprint density at radius 2 is 1.39 bits per heavy atom. The molecule has 0 heterocycles. The van der Waals surface area contributed by atoms with Crippen LogP contribution in [0, 0.1) is 5.41 Å². The number of aromatic carboxylic acids is 1. The number of amidine groups is 1. The summed E-state index contributed by atoms with van der Waals surface area (Å²) in [5, 5.41) is 16.7. The SMILES string of the molecule is N=C(N)c1ccccc1-c1ccccc1C(=O)O. The minimum atomic E-state index is -0.996. The molecule has 4 heteroatoms. The number of nitrogen functional groups attached to an aromatic ring is 1. The Bertz CT molecular complexity index is 565. The average Bonchev–Trinajstić information content (AvgIpc) is 2.38. The lowest BCUT2D eigenvalue weighted by atomic mass is 9.95. The highest BCUT2D eigenvalue weighted by atomic mass is 16.4. The fourth-order valence-electron chi connectivity index (χ4n) is 1.86. The molecule has 0 bridgehead atoms. The van der Waals surface area contributed by atoms with E-state index >= 15 is 0 Å². The number of rotatable bonds is 3. The molecule has 0 unspecified atom stereocenters. The molecule has 0 atom stereocenters. The van der Waals surface area contributed by atoms with Gasteiger partial charge in [0.2, 0.25) is 0 Å². The fourth-order valence-corrected chi connectivity index (χ4v) is 1.86. The highest BCUT2D eigenvalue weighted by molar-refractivity contribution is 6.04. The lowest BCUT2D eigenvalue weighted by molar-refractivity contribution is 0.0697. The second-order valence-corrected chi connectivity index (χ2v) is 3.81. The molecular formula is C14H12N2O2. The van der Waals surface area contributed by atoms with Crippen molar-refractivity contribution in [3.8, 4) is 11.1 Å². The molecule has 0 aromatic heterocycles. The van der Waals surface area contributed by atoms with Crippen molar-refractivity contribution in [2.75, 3.05) is 0 Å². The van der Waals surface area contributed by atoms with Crippen LogP contribution in [0.1, 0.15) is 15.9 Å². The molecule has 18 heavy (non-hydrogen) atoms. The molecular weight excluding hydrogens is 228 g/mol. The van der Waals surface area contributed by atoms with Crippen LogP contribution in [-0.2, 0) is 0 Å². The Hall–Kier alpha value is -2.62. The molecule has 0 aliphatic carbocycles. The first-order chi connectivity index (χ1) is 8.61. The second kappa shape index (κ2) is 4.71. The van der Waals surface area contributed by atoms with Crippen LogP contribution in [0.15, 0.2) is 48.5 Å². The number of hydrogen-bond donors (Lipinski definition) is 3. The van der Waals surface area contributed by atoms with E-state index in [9.17, 15) is 9.90 Å². The van der Waals surface area contributed by atoms with E-state index in [4.69, 9.17) is 11.1 Å². The van der Waals surface area contributed by atoms with Gasteiger partial charge in [-0.25, -0.2) is 4.79 Å². The molecule has 0 radical (unpaired) electrons. The minimum absolute atomic E-state index is 0.0780. The molecule has 0 fully saturated rings. The van der Waals surface area contributed by atoms with Crippen molar-refractivity contribution >= 4 is 11.8 Å². The van der Waals surface area contributed by atoms with Gasteiger partial charge in [-0.3, -0.25) is 5.41 Å². The van der Waals surface area contributed by atoms with Gasteiger partial charge >= 0.3 is 5.97 Å². The van der Waals surface area contributed by atoms with Gasteiger partial charge in [0.05, 0.1) is 5.56 Å². The van der Waals surface area contributed by atoms with Gasteiger partial charge in [0.15, 0.2) is 0 Å². The number of carbonyl (C=O) groups is 1. The smallest absolute Gasteiger partial charge is 0.336 e. The number of carboxylic acids is 1. The predicted molar refractivity (Wildman–Crippen MR) is 69.9 cm³/mol. The second-order valence-electron chi connectivity index (χ2n) is 3.81. The summed E-state index contributed by atoms with van der Waals surface area (Å²) in [7, 11) is 0. The van der Waals surface area contributed by atoms with Crippen LogP contribution in [0.4, 0.5) is 0 Å². The molecule has 0 spiro atoms. The molecule has 4 N–H and O–H groups in total. The van der Waals surface area contributed by atoms with E-state index in [0.29, 0.717) is 16.7 Å². The van der Waals surface area contributed by atoms with Crippen LogP contribution in [0.2, 0.25) is 0 Å². The first-order valence-electron chi connectivity index (χ1n) is 5.37. The van der Waals surface area contributed by atoms with Crippen LogP contribution in [0.3, 0.4) is 0 Å². The van der Waals surface area contributed by atoms with Gasteiger partial charge in [0, 0.05) is 5.56 Å². The van der Waals surface area contributed by atoms with E-state index in [0.717, 1.165) is 0 Å². The standard InChI is InChI=1S/C14H12N2O2/c15-13(16)11-7-3-1-5-9(11)10-6-2-4-8-12(10)14(17)18/h1-8H,(H3,15,16)(H,17,18). The first kappa shape index (κ1) is 11.9. The van der Waals surface area contributed by atoms with Gasteiger partial charge in [0.1, 0.15) is 5.84 Å². The van der Waals surface area contributed by atoms with Gasteiger partial charge in [-0.05, 0) is 17.2 Å². The summed E-state index contributed by atoms with van der Waals surface area (Å²) in [5.74, 6) is -1.07. The number of hydrogen-bond acceptors (Lipinski definition) is 2. The van der Waals surface area contributed by atoms with E-state index in [2.05, 4.69) is 0 Å². The number of benzene rings is 2. The Balaban J connectivity index is 2.70. The number of nitrogens with one attached hydrogen (secondary N) is 1. The zero-order chi connectivity index (χ0) is 13.1. The van der Waals surface area contributed by atoms with Crippen LogP contribution in [0.5, 0.6) is 0 Å². The summed E-state index contributed by atoms with van der Waals surface area (Å²) in [6.45, 7) is 0. The predicted octanol–water partition coefficient (Wildman–Crippen LogP) is 2.34. The molecule has 2 rings (SSSR count). The van der Waals surface area contributed by atoms with E-state index < -0.39 is 5.97 Å². The summed E-state index contributed by atoms with van der Waals surface area (Å²) in [5.41, 5.74) is 7.47. The third-order valence-corrected chi connectivity index (χ3v) is 2.66. The van der Waals surface area contributed by atoms with Crippen molar-refractivity contribution in [3.63, 3.8) is 0 Å². The molecule has 0 aliphatic heterocycles.